The zero-order valence-electron chi connectivity index (χ0n) is 10.0. The zero-order valence-corrected chi connectivity index (χ0v) is 10.8. The average molecular weight is 274 g/mol. The van der Waals surface area contributed by atoms with E-state index in [0.717, 1.165) is 16.7 Å². The zero-order chi connectivity index (χ0) is 13.2. The van der Waals surface area contributed by atoms with E-state index in [0.29, 0.717) is 10.7 Å². The third-order valence-electron chi connectivity index (χ3n) is 2.98. The van der Waals surface area contributed by atoms with Gasteiger partial charge in [0, 0.05) is 21.8 Å². The summed E-state index contributed by atoms with van der Waals surface area (Å²) in [6, 6.07) is 13.3. The van der Waals surface area contributed by atoms with E-state index in [1.165, 1.54) is 12.5 Å². The molecule has 0 unspecified atom stereocenters. The molecule has 3 nitrogen and oxygen atoms in total. The van der Waals surface area contributed by atoms with Gasteiger partial charge >= 0.3 is 0 Å². The minimum atomic E-state index is -0.425. The summed E-state index contributed by atoms with van der Waals surface area (Å²) in [5, 5.41) is 0.619. The number of hydrogen-bond acceptors (Lipinski definition) is 3. The van der Waals surface area contributed by atoms with Crippen molar-refractivity contribution in [2.45, 2.75) is 6.29 Å². The fourth-order valence-corrected chi connectivity index (χ4v) is 2.29. The van der Waals surface area contributed by atoms with Crippen LogP contribution in [0.5, 0.6) is 0 Å². The molecule has 0 bridgehead atoms. The normalized spacial score (nSPS) is 14.2. The number of benzene rings is 2. The van der Waals surface area contributed by atoms with Crippen molar-refractivity contribution in [2.75, 3.05) is 5.73 Å². The molecule has 0 atom stereocenters. The Balaban J connectivity index is 2.09. The lowest BCUT2D eigenvalue weighted by Gasteiger charge is -2.16. The molecule has 1 aliphatic heterocycles. The van der Waals surface area contributed by atoms with E-state index in [9.17, 15) is 0 Å². The van der Waals surface area contributed by atoms with Crippen LogP contribution < -0.4 is 5.73 Å². The summed E-state index contributed by atoms with van der Waals surface area (Å²) in [7, 11) is 0. The second-order valence-corrected chi connectivity index (χ2v) is 4.63. The Morgan fingerprint density at radius 1 is 0.947 bits per heavy atom. The smallest absolute Gasteiger partial charge is 0.266 e. The molecule has 0 spiro atoms. The van der Waals surface area contributed by atoms with Gasteiger partial charge in [0.2, 0.25) is 0 Å². The van der Waals surface area contributed by atoms with Crippen LogP contribution in [0.3, 0.4) is 0 Å². The van der Waals surface area contributed by atoms with Crippen LogP contribution in [0, 0.1) is 0 Å². The molecule has 2 aromatic rings. The molecule has 19 heavy (non-hydrogen) atoms. The van der Waals surface area contributed by atoms with Crippen LogP contribution in [0.2, 0.25) is 5.02 Å². The molecule has 2 aromatic carbocycles. The summed E-state index contributed by atoms with van der Waals surface area (Å²) < 4.78 is 10.8. The van der Waals surface area contributed by atoms with Crippen molar-refractivity contribution in [3.05, 3.63) is 65.6 Å². The molecule has 0 saturated carbocycles. The maximum Gasteiger partial charge on any atom is 0.266 e. The Labute approximate surface area is 116 Å². The van der Waals surface area contributed by atoms with E-state index < -0.39 is 6.29 Å². The number of ether oxygens (including phenoxy) is 2. The number of halogens is 1. The van der Waals surface area contributed by atoms with Gasteiger partial charge in [-0.2, -0.15) is 0 Å². The molecule has 1 heterocycles. The molecule has 2 N–H and O–H groups in total. The topological polar surface area (TPSA) is 44.5 Å². The van der Waals surface area contributed by atoms with Gasteiger partial charge in [0.1, 0.15) is 12.5 Å². The molecule has 4 heteroatoms. The van der Waals surface area contributed by atoms with Crippen molar-refractivity contribution in [3.63, 3.8) is 0 Å². The summed E-state index contributed by atoms with van der Waals surface area (Å²) in [5.41, 5.74) is 9.49. The molecule has 1 aliphatic rings. The van der Waals surface area contributed by atoms with Crippen molar-refractivity contribution in [1.82, 2.24) is 0 Å². The van der Waals surface area contributed by atoms with Crippen LogP contribution in [0.25, 0.3) is 11.1 Å². The molecular weight excluding hydrogens is 262 g/mol. The van der Waals surface area contributed by atoms with Crippen LogP contribution in [0.15, 0.2) is 55.0 Å². The van der Waals surface area contributed by atoms with Crippen LogP contribution in [0.1, 0.15) is 11.9 Å². The first kappa shape index (κ1) is 11.9. The summed E-state index contributed by atoms with van der Waals surface area (Å²) >= 11 is 5.93. The number of rotatable bonds is 2. The van der Waals surface area contributed by atoms with Gasteiger partial charge in [-0.15, -0.1) is 0 Å². The Morgan fingerprint density at radius 2 is 1.68 bits per heavy atom. The first-order valence-electron chi connectivity index (χ1n) is 5.86. The molecule has 0 saturated heterocycles. The highest BCUT2D eigenvalue weighted by Gasteiger charge is 2.20. The Kier molecular flexibility index (Phi) is 3.05. The number of nitrogen functional groups attached to an aromatic ring is 1. The Hall–Kier alpha value is -2.13. The monoisotopic (exact) mass is 273 g/mol. The second-order valence-electron chi connectivity index (χ2n) is 4.20. The standard InChI is InChI=1S/C15H12ClNO2/c16-10-5-6-12(14(17)9-10)11-3-1-2-4-13(11)15-18-7-8-19-15/h1-9,15H,17H2. The molecule has 0 amide bonds. The fourth-order valence-electron chi connectivity index (χ4n) is 2.11. The summed E-state index contributed by atoms with van der Waals surface area (Å²) in [6.07, 6.45) is 2.64. The van der Waals surface area contributed by atoms with Crippen molar-refractivity contribution in [2.24, 2.45) is 0 Å². The first-order valence-corrected chi connectivity index (χ1v) is 6.24. The second kappa shape index (κ2) is 4.86. The quantitative estimate of drug-likeness (QED) is 0.838. The number of anilines is 1. The van der Waals surface area contributed by atoms with Crippen molar-refractivity contribution >= 4 is 17.3 Å². The maximum absolute atomic E-state index is 6.04. The molecular formula is C15H12ClNO2. The molecule has 0 radical (unpaired) electrons. The SMILES string of the molecule is Nc1cc(Cl)ccc1-c1ccccc1C1OC=CO1. The van der Waals surface area contributed by atoms with Gasteiger partial charge in [0.05, 0.1) is 0 Å². The molecule has 3 rings (SSSR count). The molecule has 0 aliphatic carbocycles. The molecule has 96 valence electrons. The van der Waals surface area contributed by atoms with E-state index in [1.54, 1.807) is 6.07 Å². The van der Waals surface area contributed by atoms with Gasteiger partial charge in [-0.25, -0.2) is 0 Å². The lowest BCUT2D eigenvalue weighted by atomic mass is 9.98. The van der Waals surface area contributed by atoms with Crippen molar-refractivity contribution in [1.29, 1.82) is 0 Å². The van der Waals surface area contributed by atoms with Crippen molar-refractivity contribution < 1.29 is 9.47 Å². The lowest BCUT2D eigenvalue weighted by molar-refractivity contribution is -0.0241. The van der Waals surface area contributed by atoms with E-state index >= 15 is 0 Å². The van der Waals surface area contributed by atoms with Crippen LogP contribution in [0.4, 0.5) is 5.69 Å². The van der Waals surface area contributed by atoms with Crippen LogP contribution in [-0.2, 0) is 9.47 Å². The van der Waals surface area contributed by atoms with Gasteiger partial charge in [0.15, 0.2) is 0 Å². The molecule has 0 fully saturated rings. The van der Waals surface area contributed by atoms with E-state index in [4.69, 9.17) is 26.8 Å². The summed E-state index contributed by atoms with van der Waals surface area (Å²) in [5.74, 6) is 0. The summed E-state index contributed by atoms with van der Waals surface area (Å²) in [6.45, 7) is 0. The predicted octanol–water partition coefficient (Wildman–Crippen LogP) is 4.11. The maximum atomic E-state index is 6.04. The lowest BCUT2D eigenvalue weighted by Crippen LogP contribution is -2.01. The third-order valence-corrected chi connectivity index (χ3v) is 3.21. The van der Waals surface area contributed by atoms with Gasteiger partial charge in [-0.3, -0.25) is 0 Å². The largest absolute Gasteiger partial charge is 0.455 e. The summed E-state index contributed by atoms with van der Waals surface area (Å²) in [4.78, 5) is 0. The number of hydrogen-bond donors (Lipinski definition) is 1. The van der Waals surface area contributed by atoms with Gasteiger partial charge < -0.3 is 15.2 Å². The minimum absolute atomic E-state index is 0.425. The fraction of sp³-hybridized carbons (Fsp3) is 0.0667. The first-order chi connectivity index (χ1) is 9.25. The Bertz CT molecular complexity index is 632. The highest BCUT2D eigenvalue weighted by molar-refractivity contribution is 6.31. The van der Waals surface area contributed by atoms with E-state index in [2.05, 4.69) is 0 Å². The highest BCUT2D eigenvalue weighted by Crippen LogP contribution is 2.36. The predicted molar refractivity (Wildman–Crippen MR) is 75.4 cm³/mol. The van der Waals surface area contributed by atoms with Crippen molar-refractivity contribution in [3.8, 4) is 11.1 Å². The van der Waals surface area contributed by atoms with Gasteiger partial charge in [0.25, 0.3) is 6.29 Å². The number of nitrogens with two attached hydrogens (primary N) is 1. The van der Waals surface area contributed by atoms with Crippen LogP contribution in [-0.4, -0.2) is 0 Å². The third kappa shape index (κ3) is 2.25. The van der Waals surface area contributed by atoms with E-state index in [-0.39, 0.29) is 0 Å². The van der Waals surface area contributed by atoms with Crippen LogP contribution >= 0.6 is 11.6 Å². The van der Waals surface area contributed by atoms with Gasteiger partial charge in [-0.05, 0) is 17.7 Å². The molecule has 0 aromatic heterocycles. The highest BCUT2D eigenvalue weighted by atomic mass is 35.5. The Morgan fingerprint density at radius 3 is 2.42 bits per heavy atom. The van der Waals surface area contributed by atoms with E-state index in [1.807, 2.05) is 36.4 Å². The van der Waals surface area contributed by atoms with Gasteiger partial charge in [-0.1, -0.05) is 41.9 Å². The minimum Gasteiger partial charge on any atom is -0.455 e. The average Bonchev–Trinajstić information content (AvgIpc) is 2.93.